The molecule has 2 saturated heterocycles. The normalized spacial score (nSPS) is 29.6. The van der Waals surface area contributed by atoms with Gasteiger partial charge in [-0.2, -0.15) is 0 Å². The average Bonchev–Trinajstić information content (AvgIpc) is 2.86. The number of piperidine rings is 1. The molecule has 0 aromatic carbocycles. The third kappa shape index (κ3) is 3.67. The summed E-state index contributed by atoms with van der Waals surface area (Å²) in [6, 6.07) is 1.60. The van der Waals surface area contributed by atoms with Gasteiger partial charge in [-0.25, -0.2) is 0 Å². The smallest absolute Gasteiger partial charge is 0.0235 e. The lowest BCUT2D eigenvalue weighted by Gasteiger charge is -2.33. The van der Waals surface area contributed by atoms with Crippen molar-refractivity contribution in [3.8, 4) is 0 Å². The van der Waals surface area contributed by atoms with Crippen LogP contribution >= 0.6 is 0 Å². The molecule has 2 heterocycles. The summed E-state index contributed by atoms with van der Waals surface area (Å²) in [7, 11) is 2.05. The van der Waals surface area contributed by atoms with Crippen LogP contribution in [-0.4, -0.2) is 61.7 Å². The second kappa shape index (κ2) is 6.72. The molecule has 0 saturated carbocycles. The summed E-state index contributed by atoms with van der Waals surface area (Å²) in [5, 5.41) is 3.26. The van der Waals surface area contributed by atoms with Crippen molar-refractivity contribution < 1.29 is 0 Å². The maximum atomic E-state index is 3.26. The van der Waals surface area contributed by atoms with Crippen molar-refractivity contribution in [2.45, 2.75) is 51.1 Å². The molecule has 1 N–H and O–H groups in total. The van der Waals surface area contributed by atoms with Gasteiger partial charge in [0.25, 0.3) is 0 Å². The molecule has 3 nitrogen and oxygen atoms in total. The Morgan fingerprint density at radius 1 is 1.18 bits per heavy atom. The molecule has 0 radical (unpaired) electrons. The van der Waals surface area contributed by atoms with Gasteiger partial charge in [-0.05, 0) is 59.3 Å². The highest BCUT2D eigenvalue weighted by molar-refractivity contribution is 4.87. The van der Waals surface area contributed by atoms with Crippen molar-refractivity contribution in [2.75, 3.05) is 39.8 Å². The largest absolute Gasteiger partial charge is 0.320 e. The molecule has 2 atom stereocenters. The maximum absolute atomic E-state index is 3.26. The van der Waals surface area contributed by atoms with Crippen molar-refractivity contribution in [3.63, 3.8) is 0 Å². The molecule has 17 heavy (non-hydrogen) atoms. The van der Waals surface area contributed by atoms with Gasteiger partial charge in [0.2, 0.25) is 0 Å². The van der Waals surface area contributed by atoms with Gasteiger partial charge in [-0.3, -0.25) is 9.80 Å². The summed E-state index contributed by atoms with van der Waals surface area (Å²) in [6.45, 7) is 8.85. The highest BCUT2D eigenvalue weighted by Crippen LogP contribution is 2.22. The van der Waals surface area contributed by atoms with Crippen LogP contribution in [0, 0.1) is 0 Å². The Labute approximate surface area is 107 Å². The second-order valence-electron chi connectivity index (χ2n) is 5.78. The van der Waals surface area contributed by atoms with Crippen LogP contribution in [0.3, 0.4) is 0 Å². The molecule has 2 aliphatic heterocycles. The molecule has 2 fully saturated rings. The summed E-state index contributed by atoms with van der Waals surface area (Å²) < 4.78 is 0. The number of nitrogens with one attached hydrogen (secondary N) is 1. The van der Waals surface area contributed by atoms with Gasteiger partial charge in [0.05, 0.1) is 0 Å². The lowest BCUT2D eigenvalue weighted by atomic mass is 10.1. The van der Waals surface area contributed by atoms with Gasteiger partial charge in [-0.15, -0.1) is 0 Å². The molecule has 2 aliphatic rings. The number of hydrogen-bond donors (Lipinski definition) is 1. The van der Waals surface area contributed by atoms with Gasteiger partial charge in [-0.1, -0.05) is 6.42 Å². The van der Waals surface area contributed by atoms with Crippen molar-refractivity contribution in [3.05, 3.63) is 0 Å². The van der Waals surface area contributed by atoms with Crippen LogP contribution in [0.4, 0.5) is 0 Å². The third-order valence-corrected chi connectivity index (χ3v) is 4.54. The topological polar surface area (TPSA) is 18.5 Å². The van der Waals surface area contributed by atoms with Gasteiger partial charge in [0, 0.05) is 25.2 Å². The fourth-order valence-electron chi connectivity index (χ4n) is 3.29. The van der Waals surface area contributed by atoms with Crippen LogP contribution in [-0.2, 0) is 0 Å². The second-order valence-corrected chi connectivity index (χ2v) is 5.78. The first kappa shape index (κ1) is 13.3. The highest BCUT2D eigenvalue weighted by Gasteiger charge is 2.30. The summed E-state index contributed by atoms with van der Waals surface area (Å²) >= 11 is 0. The van der Waals surface area contributed by atoms with E-state index in [1.165, 1.54) is 58.3 Å². The highest BCUT2D eigenvalue weighted by atomic mass is 15.3. The molecule has 2 rings (SSSR count). The minimum absolute atomic E-state index is 0.747. The van der Waals surface area contributed by atoms with E-state index in [4.69, 9.17) is 0 Å². The number of hydrogen-bond acceptors (Lipinski definition) is 3. The van der Waals surface area contributed by atoms with Gasteiger partial charge < -0.3 is 5.32 Å². The standard InChI is InChI=1S/C14H29N3/c1-13(6-8-15-2)17-11-7-14(12-17)16-9-4-3-5-10-16/h13-15H,3-12H2,1-2H3. The monoisotopic (exact) mass is 239 g/mol. The van der Waals surface area contributed by atoms with Crippen molar-refractivity contribution >= 4 is 0 Å². The van der Waals surface area contributed by atoms with Crippen molar-refractivity contribution in [1.29, 1.82) is 0 Å². The zero-order valence-electron chi connectivity index (χ0n) is 11.6. The average molecular weight is 239 g/mol. The van der Waals surface area contributed by atoms with Crippen LogP contribution in [0.25, 0.3) is 0 Å². The van der Waals surface area contributed by atoms with E-state index in [9.17, 15) is 0 Å². The Hall–Kier alpha value is -0.120. The molecule has 0 aliphatic carbocycles. The van der Waals surface area contributed by atoms with Crippen LogP contribution < -0.4 is 5.32 Å². The molecule has 3 heteroatoms. The fourth-order valence-corrected chi connectivity index (χ4v) is 3.29. The maximum Gasteiger partial charge on any atom is 0.0235 e. The van der Waals surface area contributed by atoms with E-state index in [1.54, 1.807) is 0 Å². The van der Waals surface area contributed by atoms with E-state index in [-0.39, 0.29) is 0 Å². The molecule has 0 aromatic heterocycles. The first-order valence-corrected chi connectivity index (χ1v) is 7.44. The molecule has 100 valence electrons. The molecule has 0 amide bonds. The summed E-state index contributed by atoms with van der Waals surface area (Å²) in [5.41, 5.74) is 0. The Morgan fingerprint density at radius 3 is 2.65 bits per heavy atom. The lowest BCUT2D eigenvalue weighted by Crippen LogP contribution is -2.42. The number of nitrogens with zero attached hydrogens (tertiary/aromatic N) is 2. The number of rotatable bonds is 5. The predicted molar refractivity (Wildman–Crippen MR) is 73.4 cm³/mol. The van der Waals surface area contributed by atoms with E-state index in [2.05, 4.69) is 22.0 Å². The Bertz CT molecular complexity index is 214. The van der Waals surface area contributed by atoms with E-state index in [1.807, 2.05) is 7.05 Å². The molecule has 2 unspecified atom stereocenters. The van der Waals surface area contributed by atoms with E-state index >= 15 is 0 Å². The quantitative estimate of drug-likeness (QED) is 0.785. The first-order valence-electron chi connectivity index (χ1n) is 7.44. The van der Waals surface area contributed by atoms with Crippen LogP contribution in [0.5, 0.6) is 0 Å². The van der Waals surface area contributed by atoms with Crippen molar-refractivity contribution in [2.24, 2.45) is 0 Å². The zero-order chi connectivity index (χ0) is 12.1. The van der Waals surface area contributed by atoms with Gasteiger partial charge in [0.1, 0.15) is 0 Å². The summed E-state index contributed by atoms with van der Waals surface area (Å²) in [4.78, 5) is 5.44. The Morgan fingerprint density at radius 2 is 1.94 bits per heavy atom. The minimum atomic E-state index is 0.747. The van der Waals surface area contributed by atoms with Crippen LogP contribution in [0.15, 0.2) is 0 Å². The fraction of sp³-hybridized carbons (Fsp3) is 1.00. The van der Waals surface area contributed by atoms with Crippen molar-refractivity contribution in [1.82, 2.24) is 15.1 Å². The first-order chi connectivity index (χ1) is 8.31. The predicted octanol–water partition coefficient (Wildman–Crippen LogP) is 1.54. The lowest BCUT2D eigenvalue weighted by molar-refractivity contribution is 0.152. The van der Waals surface area contributed by atoms with Crippen LogP contribution in [0.2, 0.25) is 0 Å². The van der Waals surface area contributed by atoms with E-state index < -0.39 is 0 Å². The third-order valence-electron chi connectivity index (χ3n) is 4.54. The SMILES string of the molecule is CNCCC(C)N1CCC(N2CCCCC2)C1. The molecule has 0 spiro atoms. The van der Waals surface area contributed by atoms with Gasteiger partial charge >= 0.3 is 0 Å². The Kier molecular flexibility index (Phi) is 5.26. The molecular weight excluding hydrogens is 210 g/mol. The van der Waals surface area contributed by atoms with Crippen LogP contribution in [0.1, 0.15) is 39.0 Å². The molecule has 0 aromatic rings. The minimum Gasteiger partial charge on any atom is -0.320 e. The summed E-state index contributed by atoms with van der Waals surface area (Å²) in [5.74, 6) is 0. The Balaban J connectivity index is 1.74. The molecular formula is C14H29N3. The molecule has 0 bridgehead atoms. The summed E-state index contributed by atoms with van der Waals surface area (Å²) in [6.07, 6.45) is 6.97. The van der Waals surface area contributed by atoms with E-state index in [0.29, 0.717) is 0 Å². The number of likely N-dealkylation sites (tertiary alicyclic amines) is 2. The zero-order valence-corrected chi connectivity index (χ0v) is 11.6. The van der Waals surface area contributed by atoms with Gasteiger partial charge in [0.15, 0.2) is 0 Å². The van der Waals surface area contributed by atoms with E-state index in [0.717, 1.165) is 18.6 Å².